The van der Waals surface area contributed by atoms with Gasteiger partial charge >= 0.3 is 7.62 Å². The fourth-order valence-electron chi connectivity index (χ4n) is 3.51. The number of hydrogen-bond donors (Lipinski definition) is 0. The molecule has 0 bridgehead atoms. The Morgan fingerprint density at radius 1 is 1.20 bits per heavy atom. The molecule has 1 atom stereocenters. The predicted molar refractivity (Wildman–Crippen MR) is 82.4 cm³/mol. The van der Waals surface area contributed by atoms with Gasteiger partial charge in [-0.25, -0.2) is 0 Å². The van der Waals surface area contributed by atoms with Gasteiger partial charge in [0.25, 0.3) is 0 Å². The minimum Gasteiger partial charge on any atom is -0.427 e. The first-order valence-electron chi connectivity index (χ1n) is 7.80. The molecule has 2 aliphatic rings. The summed E-state index contributed by atoms with van der Waals surface area (Å²) in [6.45, 7) is 4.73. The van der Waals surface area contributed by atoms with Crippen LogP contribution in [0.3, 0.4) is 0 Å². The third-order valence-corrected chi connectivity index (χ3v) is 4.48. The zero-order chi connectivity index (χ0) is 13.8. The molecule has 107 valence electrons. The van der Waals surface area contributed by atoms with Crippen LogP contribution < -0.4 is 0 Å². The van der Waals surface area contributed by atoms with E-state index in [1.165, 1.54) is 49.9 Å². The third-order valence-electron chi connectivity index (χ3n) is 4.48. The molecule has 0 amide bonds. The summed E-state index contributed by atoms with van der Waals surface area (Å²) >= 11 is 0. The lowest BCUT2D eigenvalue weighted by Crippen LogP contribution is -2.28. The summed E-state index contributed by atoms with van der Waals surface area (Å²) < 4.78 is 5.21. The largest absolute Gasteiger partial charge is 0.427 e. The normalized spacial score (nSPS) is 24.4. The average molecular weight is 271 g/mol. The minimum atomic E-state index is 0.494. The molecule has 1 aromatic rings. The molecule has 0 aromatic heterocycles. The SMILES string of the molecule is CO[B]N1CCCC1c1cccc(CN2CCCC2)c1. The maximum atomic E-state index is 5.21. The molecular formula is C16H24BN2O. The highest BCUT2D eigenvalue weighted by Crippen LogP contribution is 2.31. The molecule has 2 fully saturated rings. The van der Waals surface area contributed by atoms with Crippen LogP contribution in [0, 0.1) is 0 Å². The zero-order valence-electron chi connectivity index (χ0n) is 12.4. The third kappa shape index (κ3) is 3.25. The van der Waals surface area contributed by atoms with Crippen LogP contribution in [0.25, 0.3) is 0 Å². The van der Waals surface area contributed by atoms with Gasteiger partial charge in [-0.1, -0.05) is 24.3 Å². The molecule has 20 heavy (non-hydrogen) atoms. The molecule has 0 N–H and O–H groups in total. The second kappa shape index (κ2) is 6.75. The smallest absolute Gasteiger partial charge is 0.399 e. The van der Waals surface area contributed by atoms with E-state index in [1.54, 1.807) is 7.11 Å². The minimum absolute atomic E-state index is 0.494. The van der Waals surface area contributed by atoms with Crippen molar-refractivity contribution in [3.8, 4) is 0 Å². The molecule has 1 aromatic carbocycles. The van der Waals surface area contributed by atoms with Crippen LogP contribution in [-0.2, 0) is 11.2 Å². The van der Waals surface area contributed by atoms with Gasteiger partial charge in [0.1, 0.15) is 0 Å². The summed E-state index contributed by atoms with van der Waals surface area (Å²) in [5.74, 6) is 0. The number of likely N-dealkylation sites (tertiary alicyclic amines) is 1. The van der Waals surface area contributed by atoms with E-state index in [9.17, 15) is 0 Å². The molecule has 2 saturated heterocycles. The van der Waals surface area contributed by atoms with Gasteiger partial charge in [0.05, 0.1) is 0 Å². The van der Waals surface area contributed by atoms with Gasteiger partial charge in [-0.2, -0.15) is 0 Å². The van der Waals surface area contributed by atoms with Gasteiger partial charge in [-0.3, -0.25) is 4.90 Å². The molecule has 3 rings (SSSR count). The van der Waals surface area contributed by atoms with Gasteiger partial charge in [0.2, 0.25) is 0 Å². The molecule has 4 heteroatoms. The van der Waals surface area contributed by atoms with Crippen molar-refractivity contribution in [1.29, 1.82) is 0 Å². The lowest BCUT2D eigenvalue weighted by atomic mass is 9.99. The van der Waals surface area contributed by atoms with Crippen molar-refractivity contribution in [2.75, 3.05) is 26.7 Å². The maximum absolute atomic E-state index is 5.21. The standard InChI is InChI=1S/C16H24BN2O/c1-20-17-19-11-5-8-16(19)15-7-4-6-14(12-15)13-18-9-2-3-10-18/h4,6-7,12,16H,2-3,5,8-11,13H2,1H3. The maximum Gasteiger partial charge on any atom is 0.399 e. The summed E-state index contributed by atoms with van der Waals surface area (Å²) in [5, 5.41) is 0. The second-order valence-electron chi connectivity index (χ2n) is 5.97. The quantitative estimate of drug-likeness (QED) is 0.766. The van der Waals surface area contributed by atoms with Crippen molar-refractivity contribution in [3.05, 3.63) is 35.4 Å². The molecule has 0 spiro atoms. The first kappa shape index (κ1) is 14.1. The van der Waals surface area contributed by atoms with E-state index in [-0.39, 0.29) is 0 Å². The topological polar surface area (TPSA) is 15.7 Å². The van der Waals surface area contributed by atoms with E-state index >= 15 is 0 Å². The molecule has 2 aliphatic heterocycles. The van der Waals surface area contributed by atoms with Crippen molar-refractivity contribution in [3.63, 3.8) is 0 Å². The summed E-state index contributed by atoms with van der Waals surface area (Å²) in [6.07, 6.45) is 5.20. The van der Waals surface area contributed by atoms with Gasteiger partial charge in [-0.05, 0) is 56.4 Å². The van der Waals surface area contributed by atoms with E-state index in [4.69, 9.17) is 4.65 Å². The molecule has 0 aliphatic carbocycles. The fraction of sp³-hybridized carbons (Fsp3) is 0.625. The van der Waals surface area contributed by atoms with Crippen molar-refractivity contribution < 1.29 is 4.65 Å². The summed E-state index contributed by atoms with van der Waals surface area (Å²) in [5.41, 5.74) is 2.89. The van der Waals surface area contributed by atoms with Crippen LogP contribution in [-0.4, -0.2) is 44.1 Å². The Kier molecular flexibility index (Phi) is 4.76. The Bertz CT molecular complexity index is 434. The van der Waals surface area contributed by atoms with Crippen LogP contribution >= 0.6 is 0 Å². The first-order valence-corrected chi connectivity index (χ1v) is 7.80. The highest BCUT2D eigenvalue weighted by molar-refractivity contribution is 6.23. The Labute approximate surface area is 123 Å². The molecule has 0 saturated carbocycles. The Balaban J connectivity index is 1.69. The highest BCUT2D eigenvalue weighted by Gasteiger charge is 2.26. The van der Waals surface area contributed by atoms with Crippen LogP contribution in [0.2, 0.25) is 0 Å². The monoisotopic (exact) mass is 271 g/mol. The zero-order valence-corrected chi connectivity index (χ0v) is 12.4. The molecule has 1 radical (unpaired) electrons. The van der Waals surface area contributed by atoms with Crippen molar-refractivity contribution in [2.24, 2.45) is 0 Å². The fourth-order valence-corrected chi connectivity index (χ4v) is 3.51. The van der Waals surface area contributed by atoms with Crippen LogP contribution in [0.4, 0.5) is 0 Å². The molecule has 2 heterocycles. The van der Waals surface area contributed by atoms with Crippen LogP contribution in [0.1, 0.15) is 42.9 Å². The van der Waals surface area contributed by atoms with E-state index in [0.29, 0.717) is 6.04 Å². The van der Waals surface area contributed by atoms with Gasteiger partial charge < -0.3 is 9.47 Å². The van der Waals surface area contributed by atoms with Crippen molar-refractivity contribution >= 4 is 7.62 Å². The summed E-state index contributed by atoms with van der Waals surface area (Å²) in [6, 6.07) is 9.63. The highest BCUT2D eigenvalue weighted by atomic mass is 16.4. The van der Waals surface area contributed by atoms with E-state index in [1.807, 2.05) is 7.62 Å². The van der Waals surface area contributed by atoms with E-state index < -0.39 is 0 Å². The number of hydrogen-bond acceptors (Lipinski definition) is 3. The Morgan fingerprint density at radius 3 is 2.85 bits per heavy atom. The van der Waals surface area contributed by atoms with E-state index in [2.05, 4.69) is 34.0 Å². The first-order chi connectivity index (χ1) is 9.86. The lowest BCUT2D eigenvalue weighted by molar-refractivity contribution is 0.324. The Morgan fingerprint density at radius 2 is 2.05 bits per heavy atom. The Hall–Kier alpha value is -0.835. The molecule has 3 nitrogen and oxygen atoms in total. The molecular weight excluding hydrogens is 247 g/mol. The second-order valence-corrected chi connectivity index (χ2v) is 5.97. The number of benzene rings is 1. The van der Waals surface area contributed by atoms with Gasteiger partial charge in [0.15, 0.2) is 0 Å². The van der Waals surface area contributed by atoms with Crippen LogP contribution in [0.15, 0.2) is 24.3 Å². The number of nitrogens with zero attached hydrogens (tertiary/aromatic N) is 2. The lowest BCUT2D eigenvalue weighted by Gasteiger charge is -2.23. The summed E-state index contributed by atoms with van der Waals surface area (Å²) in [7, 11) is 3.62. The van der Waals surface area contributed by atoms with E-state index in [0.717, 1.165) is 13.1 Å². The predicted octanol–water partition coefficient (Wildman–Crippen LogP) is 2.60. The number of rotatable bonds is 5. The van der Waals surface area contributed by atoms with Gasteiger partial charge in [0, 0.05) is 19.7 Å². The van der Waals surface area contributed by atoms with Crippen molar-refractivity contribution in [1.82, 2.24) is 9.71 Å². The molecule has 1 unspecified atom stereocenters. The van der Waals surface area contributed by atoms with Crippen LogP contribution in [0.5, 0.6) is 0 Å². The average Bonchev–Trinajstić information content (AvgIpc) is 3.11. The van der Waals surface area contributed by atoms with Gasteiger partial charge in [-0.15, -0.1) is 0 Å². The van der Waals surface area contributed by atoms with Crippen molar-refractivity contribution in [2.45, 2.75) is 38.3 Å². The summed E-state index contributed by atoms with van der Waals surface area (Å²) in [4.78, 5) is 4.89.